The van der Waals surface area contributed by atoms with E-state index in [1.165, 1.54) is 4.88 Å². The Balaban J connectivity index is 2.03. The van der Waals surface area contributed by atoms with Crippen molar-refractivity contribution in [2.45, 2.75) is 32.7 Å². The molecule has 0 saturated heterocycles. The largest absolute Gasteiger partial charge is 0.378 e. The first-order chi connectivity index (χ1) is 8.47. The molecule has 0 fully saturated rings. The van der Waals surface area contributed by atoms with Crippen molar-refractivity contribution in [1.29, 1.82) is 0 Å². The molecule has 2 aromatic heterocycles. The molecule has 0 unspecified atom stereocenters. The molecule has 3 nitrogen and oxygen atoms in total. The fourth-order valence-corrected chi connectivity index (χ4v) is 2.53. The van der Waals surface area contributed by atoms with Crippen LogP contribution in [0.15, 0.2) is 24.5 Å². The van der Waals surface area contributed by atoms with Gasteiger partial charge in [0.15, 0.2) is 5.15 Å². The molecule has 0 saturated carbocycles. The predicted molar refractivity (Wildman–Crippen MR) is 77.4 cm³/mol. The number of hydrogen-bond donors (Lipinski definition) is 1. The van der Waals surface area contributed by atoms with Crippen LogP contribution in [-0.4, -0.2) is 9.97 Å². The van der Waals surface area contributed by atoms with Crippen LogP contribution in [-0.2, 0) is 12.0 Å². The van der Waals surface area contributed by atoms with Crippen LogP contribution >= 0.6 is 22.9 Å². The van der Waals surface area contributed by atoms with Gasteiger partial charge in [-0.15, -0.1) is 11.3 Å². The highest BCUT2D eigenvalue weighted by Crippen LogP contribution is 2.27. The molecule has 2 heterocycles. The van der Waals surface area contributed by atoms with Crippen molar-refractivity contribution < 1.29 is 0 Å². The molecule has 2 rings (SSSR count). The maximum absolute atomic E-state index is 5.98. The van der Waals surface area contributed by atoms with Gasteiger partial charge >= 0.3 is 0 Å². The van der Waals surface area contributed by atoms with Crippen LogP contribution in [0.2, 0.25) is 5.15 Å². The van der Waals surface area contributed by atoms with Crippen LogP contribution in [0.4, 0.5) is 5.69 Å². The fourth-order valence-electron chi connectivity index (χ4n) is 1.44. The van der Waals surface area contributed by atoms with E-state index in [-0.39, 0.29) is 5.41 Å². The predicted octanol–water partition coefficient (Wildman–Crippen LogP) is 4.10. The topological polar surface area (TPSA) is 37.8 Å². The molecular formula is C13H16ClN3S. The van der Waals surface area contributed by atoms with Crippen molar-refractivity contribution >= 4 is 28.6 Å². The number of rotatable bonds is 3. The third kappa shape index (κ3) is 3.21. The third-order valence-electron chi connectivity index (χ3n) is 2.41. The van der Waals surface area contributed by atoms with E-state index in [2.05, 4.69) is 36.1 Å². The summed E-state index contributed by atoms with van der Waals surface area (Å²) in [5.41, 5.74) is 0.958. The number of anilines is 1. The Morgan fingerprint density at radius 2 is 2.11 bits per heavy atom. The highest BCUT2D eigenvalue weighted by atomic mass is 35.5. The minimum Gasteiger partial charge on any atom is -0.378 e. The monoisotopic (exact) mass is 281 g/mol. The van der Waals surface area contributed by atoms with Gasteiger partial charge < -0.3 is 5.32 Å². The van der Waals surface area contributed by atoms with E-state index in [4.69, 9.17) is 11.6 Å². The second-order valence-electron chi connectivity index (χ2n) is 5.08. The molecule has 0 aromatic carbocycles. The van der Waals surface area contributed by atoms with E-state index < -0.39 is 0 Å². The summed E-state index contributed by atoms with van der Waals surface area (Å²) in [4.78, 5) is 9.67. The van der Waals surface area contributed by atoms with Gasteiger partial charge in [0.25, 0.3) is 0 Å². The first kappa shape index (κ1) is 13.3. The molecule has 0 radical (unpaired) electrons. The third-order valence-corrected chi connectivity index (χ3v) is 4.13. The van der Waals surface area contributed by atoms with Gasteiger partial charge in [-0.3, -0.25) is 0 Å². The maximum Gasteiger partial charge on any atom is 0.152 e. The van der Waals surface area contributed by atoms with E-state index in [1.54, 1.807) is 17.5 Å². The van der Waals surface area contributed by atoms with Gasteiger partial charge in [0, 0.05) is 22.7 Å². The standard InChI is InChI=1S/C13H16ClN3S/c1-13(2,3)12-17-8-9(18-12)7-16-10-5-4-6-15-11(10)14/h4-6,8,16H,7H2,1-3H3. The number of aromatic nitrogens is 2. The first-order valence-corrected chi connectivity index (χ1v) is 6.96. The summed E-state index contributed by atoms with van der Waals surface area (Å²) in [6.45, 7) is 7.22. The molecule has 96 valence electrons. The minimum atomic E-state index is 0.106. The average molecular weight is 282 g/mol. The van der Waals surface area contributed by atoms with Crippen molar-refractivity contribution in [2.75, 3.05) is 5.32 Å². The zero-order valence-electron chi connectivity index (χ0n) is 10.7. The van der Waals surface area contributed by atoms with E-state index >= 15 is 0 Å². The Bertz CT molecular complexity index is 531. The maximum atomic E-state index is 5.98. The van der Waals surface area contributed by atoms with Crippen LogP contribution in [0.1, 0.15) is 30.7 Å². The summed E-state index contributed by atoms with van der Waals surface area (Å²) in [6, 6.07) is 3.78. The lowest BCUT2D eigenvalue weighted by atomic mass is 9.98. The zero-order chi connectivity index (χ0) is 13.2. The van der Waals surface area contributed by atoms with Crippen LogP contribution in [0.25, 0.3) is 0 Å². The first-order valence-electron chi connectivity index (χ1n) is 5.76. The molecule has 1 N–H and O–H groups in total. The van der Waals surface area contributed by atoms with E-state index in [0.29, 0.717) is 5.15 Å². The Morgan fingerprint density at radius 3 is 2.72 bits per heavy atom. The number of nitrogens with one attached hydrogen (secondary N) is 1. The lowest BCUT2D eigenvalue weighted by Crippen LogP contribution is -2.09. The van der Waals surface area contributed by atoms with Crippen LogP contribution in [0.3, 0.4) is 0 Å². The summed E-state index contributed by atoms with van der Waals surface area (Å²) in [6.07, 6.45) is 3.60. The Morgan fingerprint density at radius 1 is 1.33 bits per heavy atom. The van der Waals surface area contributed by atoms with Gasteiger partial charge in [-0.05, 0) is 12.1 Å². The molecule has 0 aliphatic rings. The quantitative estimate of drug-likeness (QED) is 0.861. The molecule has 5 heteroatoms. The van der Waals surface area contributed by atoms with Crippen LogP contribution < -0.4 is 5.32 Å². The van der Waals surface area contributed by atoms with Gasteiger partial charge in [-0.25, -0.2) is 9.97 Å². The smallest absolute Gasteiger partial charge is 0.152 e. The molecule has 0 bridgehead atoms. The number of nitrogens with zero attached hydrogens (tertiary/aromatic N) is 2. The normalized spacial score (nSPS) is 11.6. The van der Waals surface area contributed by atoms with Crippen LogP contribution in [0, 0.1) is 0 Å². The highest BCUT2D eigenvalue weighted by Gasteiger charge is 2.17. The lowest BCUT2D eigenvalue weighted by Gasteiger charge is -2.13. The fraction of sp³-hybridized carbons (Fsp3) is 0.385. The summed E-state index contributed by atoms with van der Waals surface area (Å²) in [5, 5.41) is 4.92. The van der Waals surface area contributed by atoms with Crippen molar-refractivity contribution in [1.82, 2.24) is 9.97 Å². The van der Waals surface area contributed by atoms with Crippen molar-refractivity contribution in [3.8, 4) is 0 Å². The van der Waals surface area contributed by atoms with Crippen molar-refractivity contribution in [2.24, 2.45) is 0 Å². The van der Waals surface area contributed by atoms with Gasteiger partial charge in [0.2, 0.25) is 0 Å². The molecule has 0 atom stereocenters. The van der Waals surface area contributed by atoms with Crippen molar-refractivity contribution in [3.05, 3.63) is 39.6 Å². The number of thiazole rings is 1. The minimum absolute atomic E-state index is 0.106. The van der Waals surface area contributed by atoms with Gasteiger partial charge in [0.1, 0.15) is 0 Å². The van der Waals surface area contributed by atoms with Gasteiger partial charge in [-0.1, -0.05) is 32.4 Å². The van der Waals surface area contributed by atoms with Crippen molar-refractivity contribution in [3.63, 3.8) is 0 Å². The molecule has 0 spiro atoms. The SMILES string of the molecule is CC(C)(C)c1ncc(CNc2cccnc2Cl)s1. The molecule has 0 amide bonds. The van der Waals surface area contributed by atoms with Gasteiger partial charge in [-0.2, -0.15) is 0 Å². The van der Waals surface area contributed by atoms with E-state index in [1.807, 2.05) is 18.3 Å². The molecule has 18 heavy (non-hydrogen) atoms. The molecule has 2 aromatic rings. The van der Waals surface area contributed by atoms with Gasteiger partial charge in [0.05, 0.1) is 17.2 Å². The number of hydrogen-bond acceptors (Lipinski definition) is 4. The van der Waals surface area contributed by atoms with Crippen LogP contribution in [0.5, 0.6) is 0 Å². The summed E-state index contributed by atoms with van der Waals surface area (Å²) >= 11 is 7.71. The second kappa shape index (κ2) is 5.24. The highest BCUT2D eigenvalue weighted by molar-refractivity contribution is 7.11. The number of pyridine rings is 1. The Kier molecular flexibility index (Phi) is 3.88. The summed E-state index contributed by atoms with van der Waals surface area (Å²) < 4.78 is 0. The molecule has 0 aliphatic carbocycles. The second-order valence-corrected chi connectivity index (χ2v) is 6.55. The summed E-state index contributed by atoms with van der Waals surface area (Å²) in [7, 11) is 0. The van der Waals surface area contributed by atoms with E-state index in [9.17, 15) is 0 Å². The average Bonchev–Trinajstić information content (AvgIpc) is 2.76. The molecular weight excluding hydrogens is 266 g/mol. The number of halogens is 1. The Labute approximate surface area is 116 Å². The Hall–Kier alpha value is -1.13. The lowest BCUT2D eigenvalue weighted by molar-refractivity contribution is 0.585. The van der Waals surface area contributed by atoms with E-state index in [0.717, 1.165) is 17.2 Å². The molecule has 0 aliphatic heterocycles. The summed E-state index contributed by atoms with van der Waals surface area (Å²) in [5.74, 6) is 0. The zero-order valence-corrected chi connectivity index (χ0v) is 12.3.